The maximum absolute atomic E-state index is 12.4. The van der Waals surface area contributed by atoms with E-state index in [0.29, 0.717) is 17.1 Å². The SMILES string of the molecule is Cl.N=C(N)c1ccc(OCCOc2ccc3c(=O)c(C(=O)O)cn(CC(=O)O)c3c2)cc1. The van der Waals surface area contributed by atoms with E-state index in [9.17, 15) is 19.5 Å². The van der Waals surface area contributed by atoms with Crippen LogP contribution in [0.4, 0.5) is 0 Å². The minimum absolute atomic E-state index is 0. The van der Waals surface area contributed by atoms with Gasteiger partial charge in [-0.05, 0) is 36.4 Å². The summed E-state index contributed by atoms with van der Waals surface area (Å²) >= 11 is 0. The predicted molar refractivity (Wildman–Crippen MR) is 118 cm³/mol. The van der Waals surface area contributed by atoms with Crippen molar-refractivity contribution in [2.24, 2.45) is 5.73 Å². The molecule has 0 bridgehead atoms. The van der Waals surface area contributed by atoms with Crippen LogP contribution in [0.25, 0.3) is 10.9 Å². The molecule has 0 amide bonds. The summed E-state index contributed by atoms with van der Waals surface area (Å²) in [5.74, 6) is -1.71. The van der Waals surface area contributed by atoms with Crippen molar-refractivity contribution < 1.29 is 29.3 Å². The number of hydrogen-bond acceptors (Lipinski definition) is 6. The Kier molecular flexibility index (Phi) is 7.81. The molecule has 3 rings (SSSR count). The fourth-order valence-electron chi connectivity index (χ4n) is 2.94. The number of carboxylic acids is 2. The number of hydrogen-bond donors (Lipinski definition) is 4. The van der Waals surface area contributed by atoms with Crippen LogP contribution in [0, 0.1) is 5.41 Å². The maximum Gasteiger partial charge on any atom is 0.341 e. The number of nitrogen functional groups attached to an aromatic ring is 1. The number of aromatic nitrogens is 1. The van der Waals surface area contributed by atoms with Crippen LogP contribution in [0.1, 0.15) is 15.9 Å². The molecule has 0 unspecified atom stereocenters. The molecule has 168 valence electrons. The van der Waals surface area contributed by atoms with Gasteiger partial charge in [-0.3, -0.25) is 15.0 Å². The second-order valence-corrected chi connectivity index (χ2v) is 6.51. The van der Waals surface area contributed by atoms with Crippen molar-refractivity contribution in [2.75, 3.05) is 13.2 Å². The Labute approximate surface area is 187 Å². The molecule has 0 aliphatic carbocycles. The second-order valence-electron chi connectivity index (χ2n) is 6.51. The minimum Gasteiger partial charge on any atom is -0.490 e. The van der Waals surface area contributed by atoms with Gasteiger partial charge in [-0.1, -0.05) is 0 Å². The fourth-order valence-corrected chi connectivity index (χ4v) is 2.94. The van der Waals surface area contributed by atoms with Crippen molar-refractivity contribution in [1.29, 1.82) is 5.41 Å². The maximum atomic E-state index is 12.4. The number of ether oxygens (including phenoxy) is 2. The first-order chi connectivity index (χ1) is 14.8. The zero-order valence-electron chi connectivity index (χ0n) is 16.6. The van der Waals surface area contributed by atoms with Crippen LogP contribution in [-0.2, 0) is 11.3 Å². The Morgan fingerprint density at radius 2 is 1.59 bits per heavy atom. The number of aliphatic carboxylic acids is 1. The van der Waals surface area contributed by atoms with E-state index in [0.717, 1.165) is 6.20 Å². The summed E-state index contributed by atoms with van der Waals surface area (Å²) in [6, 6.07) is 11.1. The van der Waals surface area contributed by atoms with Crippen molar-refractivity contribution in [1.82, 2.24) is 4.57 Å². The van der Waals surface area contributed by atoms with Gasteiger partial charge in [0.2, 0.25) is 5.43 Å². The van der Waals surface area contributed by atoms with Gasteiger partial charge < -0.3 is 30.0 Å². The molecule has 5 N–H and O–H groups in total. The van der Waals surface area contributed by atoms with Crippen LogP contribution in [-0.4, -0.2) is 45.8 Å². The standard InChI is InChI=1S/C21H19N3O7.ClH/c22-20(23)12-1-3-13(4-2-12)30-7-8-31-14-5-6-15-17(9-14)24(11-18(25)26)10-16(19(15)27)21(28)29;/h1-6,9-10H,7-8,11H2,(H3,22,23)(H,25,26)(H,28,29);1H. The number of rotatable bonds is 9. The normalized spacial score (nSPS) is 10.2. The Morgan fingerprint density at radius 3 is 2.16 bits per heavy atom. The quantitative estimate of drug-likeness (QED) is 0.213. The lowest BCUT2D eigenvalue weighted by Gasteiger charge is -2.13. The van der Waals surface area contributed by atoms with E-state index in [1.165, 1.54) is 22.8 Å². The third-order valence-electron chi connectivity index (χ3n) is 4.37. The molecule has 0 radical (unpaired) electrons. The molecule has 0 fully saturated rings. The van der Waals surface area contributed by atoms with E-state index in [1.54, 1.807) is 24.3 Å². The van der Waals surface area contributed by atoms with E-state index in [1.807, 2.05) is 0 Å². The highest BCUT2D eigenvalue weighted by molar-refractivity contribution is 5.95. The number of benzene rings is 2. The number of halogens is 1. The monoisotopic (exact) mass is 461 g/mol. The van der Waals surface area contributed by atoms with Crippen LogP contribution in [0.2, 0.25) is 0 Å². The van der Waals surface area contributed by atoms with E-state index < -0.39 is 29.5 Å². The average Bonchev–Trinajstić information content (AvgIpc) is 2.73. The smallest absolute Gasteiger partial charge is 0.341 e. The summed E-state index contributed by atoms with van der Waals surface area (Å²) in [4.78, 5) is 34.8. The number of pyridine rings is 1. The predicted octanol–water partition coefficient (Wildman–Crippen LogP) is 1.95. The molecule has 3 aromatic rings. The number of carbonyl (C=O) groups is 2. The molecule has 0 spiro atoms. The largest absolute Gasteiger partial charge is 0.490 e. The lowest BCUT2D eigenvalue weighted by molar-refractivity contribution is -0.137. The van der Waals surface area contributed by atoms with Crippen LogP contribution < -0.4 is 20.6 Å². The van der Waals surface area contributed by atoms with Crippen LogP contribution in [0.3, 0.4) is 0 Å². The first-order valence-electron chi connectivity index (χ1n) is 9.08. The molecule has 0 saturated carbocycles. The Balaban J connectivity index is 0.00000363. The van der Waals surface area contributed by atoms with Gasteiger partial charge in [-0.2, -0.15) is 0 Å². The number of amidine groups is 1. The highest BCUT2D eigenvalue weighted by Crippen LogP contribution is 2.20. The van der Waals surface area contributed by atoms with E-state index in [4.69, 9.17) is 25.7 Å². The van der Waals surface area contributed by atoms with Gasteiger partial charge in [-0.25, -0.2) is 4.79 Å². The lowest BCUT2D eigenvalue weighted by atomic mass is 10.1. The summed E-state index contributed by atoms with van der Waals surface area (Å²) in [6.07, 6.45) is 1.01. The number of nitrogens with one attached hydrogen (secondary N) is 1. The zero-order chi connectivity index (χ0) is 22.5. The second kappa shape index (κ2) is 10.3. The topological polar surface area (TPSA) is 165 Å². The molecular weight excluding hydrogens is 442 g/mol. The van der Waals surface area contributed by atoms with Gasteiger partial charge in [0.05, 0.1) is 5.52 Å². The van der Waals surface area contributed by atoms with Crippen molar-refractivity contribution in [2.45, 2.75) is 6.54 Å². The van der Waals surface area contributed by atoms with Crippen LogP contribution in [0.15, 0.2) is 53.5 Å². The van der Waals surface area contributed by atoms with E-state index >= 15 is 0 Å². The average molecular weight is 462 g/mol. The molecule has 0 aliphatic rings. The van der Waals surface area contributed by atoms with E-state index in [-0.39, 0.29) is 42.4 Å². The van der Waals surface area contributed by atoms with Gasteiger partial charge in [0.1, 0.15) is 42.7 Å². The fraction of sp³-hybridized carbons (Fsp3) is 0.143. The van der Waals surface area contributed by atoms with Crippen molar-refractivity contribution in [3.8, 4) is 11.5 Å². The molecule has 0 atom stereocenters. The molecule has 32 heavy (non-hydrogen) atoms. The molecule has 11 heteroatoms. The first kappa shape index (κ1) is 24.2. The van der Waals surface area contributed by atoms with Crippen molar-refractivity contribution in [3.63, 3.8) is 0 Å². The highest BCUT2D eigenvalue weighted by Gasteiger charge is 2.16. The van der Waals surface area contributed by atoms with Crippen LogP contribution >= 0.6 is 12.4 Å². The number of nitrogens with zero attached hydrogens (tertiary/aromatic N) is 1. The third-order valence-corrected chi connectivity index (χ3v) is 4.37. The van der Waals surface area contributed by atoms with Crippen LogP contribution in [0.5, 0.6) is 11.5 Å². The van der Waals surface area contributed by atoms with Gasteiger partial charge >= 0.3 is 11.9 Å². The molecule has 1 aromatic heterocycles. The summed E-state index contributed by atoms with van der Waals surface area (Å²) < 4.78 is 12.4. The Hall–Kier alpha value is -4.05. The van der Waals surface area contributed by atoms with E-state index in [2.05, 4.69) is 0 Å². The summed E-state index contributed by atoms with van der Waals surface area (Å²) in [6.45, 7) is -0.145. The van der Waals surface area contributed by atoms with Gasteiger partial charge in [-0.15, -0.1) is 12.4 Å². The third kappa shape index (κ3) is 5.55. The number of nitrogens with two attached hydrogens (primary N) is 1. The van der Waals surface area contributed by atoms with Crippen molar-refractivity contribution >= 4 is 41.1 Å². The first-order valence-corrected chi connectivity index (χ1v) is 9.08. The highest BCUT2D eigenvalue weighted by atomic mass is 35.5. The molecular formula is C21H20ClN3O7. The molecule has 0 saturated heterocycles. The number of aromatic carboxylic acids is 1. The number of carboxylic acid groups (broad SMARTS) is 2. The Bertz CT molecular complexity index is 1220. The molecule has 10 nitrogen and oxygen atoms in total. The molecule has 2 aromatic carbocycles. The minimum atomic E-state index is -1.43. The Morgan fingerprint density at radius 1 is 1.00 bits per heavy atom. The lowest BCUT2D eigenvalue weighted by Crippen LogP contribution is -2.21. The molecule has 1 heterocycles. The zero-order valence-corrected chi connectivity index (χ0v) is 17.4. The summed E-state index contributed by atoms with van der Waals surface area (Å²) in [7, 11) is 0. The number of fused-ring (bicyclic) bond motifs is 1. The van der Waals surface area contributed by atoms with Crippen molar-refractivity contribution in [3.05, 3.63) is 70.0 Å². The summed E-state index contributed by atoms with van der Waals surface area (Å²) in [5.41, 5.74) is 5.02. The molecule has 0 aliphatic heterocycles. The van der Waals surface area contributed by atoms with Gasteiger partial charge in [0.25, 0.3) is 0 Å². The summed E-state index contributed by atoms with van der Waals surface area (Å²) in [5, 5.41) is 25.8. The van der Waals surface area contributed by atoms with Gasteiger partial charge in [0, 0.05) is 23.2 Å². The van der Waals surface area contributed by atoms with Gasteiger partial charge in [0.15, 0.2) is 0 Å².